The molecule has 56 valence electrons. The number of nitrogens with zero attached hydrogens (tertiary/aromatic N) is 1. The Morgan fingerprint density at radius 2 is 2.10 bits per heavy atom. The van der Waals surface area contributed by atoms with Crippen LogP contribution in [0.25, 0.3) is 0 Å². The number of carboxylic acid groups (broad SMARTS) is 1. The zero-order chi connectivity index (χ0) is 8.15. The van der Waals surface area contributed by atoms with Crippen LogP contribution in [-0.2, 0) is 4.79 Å². The van der Waals surface area contributed by atoms with Crippen molar-refractivity contribution in [2.24, 2.45) is 16.6 Å². The minimum atomic E-state index is -1.28. The number of aliphatic carboxylic acids is 1. The molecule has 0 radical (unpaired) electrons. The van der Waals surface area contributed by atoms with Gasteiger partial charge < -0.3 is 16.6 Å². The van der Waals surface area contributed by atoms with E-state index in [9.17, 15) is 4.79 Å². The van der Waals surface area contributed by atoms with Crippen LogP contribution in [-0.4, -0.2) is 22.0 Å². The predicted molar refractivity (Wildman–Crippen MR) is 39.2 cm³/mol. The van der Waals surface area contributed by atoms with Gasteiger partial charge in [0.15, 0.2) is 0 Å². The van der Waals surface area contributed by atoms with E-state index in [0.717, 1.165) is 0 Å². The number of carboxylic acids is 1. The van der Waals surface area contributed by atoms with Crippen molar-refractivity contribution in [1.29, 1.82) is 0 Å². The van der Waals surface area contributed by atoms with Crippen molar-refractivity contribution in [2.75, 3.05) is 0 Å². The van der Waals surface area contributed by atoms with Crippen molar-refractivity contribution in [3.05, 3.63) is 0 Å². The van der Waals surface area contributed by atoms with Crippen LogP contribution in [0.2, 0.25) is 0 Å². The van der Waals surface area contributed by atoms with Crippen LogP contribution in [0.15, 0.2) is 5.10 Å². The minimum Gasteiger partial charge on any atom is -0.476 e. The Hall–Kier alpha value is -1.37. The fraction of sp³-hybridized carbons (Fsp3) is 0. The molecule has 6 N–H and O–H groups in total. The summed E-state index contributed by atoms with van der Waals surface area (Å²) in [4.78, 5) is 9.51. The van der Waals surface area contributed by atoms with E-state index in [0.29, 0.717) is 0 Å². The predicted octanol–water partition coefficient (Wildman–Crippen LogP) is -1.82. The molecule has 0 fully saturated rings. The monoisotopic (exact) mass is 162 g/mol. The second-order valence-corrected chi connectivity index (χ2v) is 1.69. The van der Waals surface area contributed by atoms with E-state index in [1.54, 1.807) is 0 Å². The van der Waals surface area contributed by atoms with Gasteiger partial charge in [0.05, 0.1) is 0 Å². The molecule has 0 saturated carbocycles. The van der Waals surface area contributed by atoms with Gasteiger partial charge in [0.2, 0.25) is 10.9 Å². The lowest BCUT2D eigenvalue weighted by Crippen LogP contribution is -2.31. The first-order valence-electron chi connectivity index (χ1n) is 2.16. The maximum atomic E-state index is 9.96. The summed E-state index contributed by atoms with van der Waals surface area (Å²) in [5.74, 6) is -1.55. The third-order valence-electron chi connectivity index (χ3n) is 0.481. The van der Waals surface area contributed by atoms with Gasteiger partial charge in [0.1, 0.15) is 0 Å². The molecule has 0 spiro atoms. The number of hydrogen-bond acceptors (Lipinski definition) is 3. The van der Waals surface area contributed by atoms with Crippen molar-refractivity contribution in [3.63, 3.8) is 0 Å². The molecule has 0 bridgehead atoms. The highest BCUT2D eigenvalue weighted by Gasteiger charge is 2.02. The number of thiocarbonyl (C=S) groups is 1. The van der Waals surface area contributed by atoms with Gasteiger partial charge >= 0.3 is 5.97 Å². The van der Waals surface area contributed by atoms with Gasteiger partial charge in [-0.05, 0) is 0 Å². The molecule has 0 amide bonds. The molecule has 0 unspecified atom stereocenters. The number of nitrogens with two attached hydrogens (primary N) is 2. The number of rotatable bonds is 1. The Morgan fingerprint density at radius 3 is 2.40 bits per heavy atom. The van der Waals surface area contributed by atoms with E-state index < -0.39 is 11.0 Å². The average Bonchev–Trinajstić information content (AvgIpc) is 1.82. The molecule has 6 nitrogen and oxygen atoms in total. The normalized spacial score (nSPS) is 8.00. The number of nitrogens with one attached hydrogen (secondary N) is 1. The van der Waals surface area contributed by atoms with Gasteiger partial charge in [-0.15, -0.1) is 5.10 Å². The van der Waals surface area contributed by atoms with Crippen LogP contribution in [0.3, 0.4) is 0 Å². The molecule has 0 aliphatic rings. The molecule has 0 atom stereocenters. The second kappa shape index (κ2) is 3.62. The Morgan fingerprint density at radius 1 is 1.60 bits per heavy atom. The Labute approximate surface area is 61.9 Å². The molecule has 0 saturated heterocycles. The molecular formula is C3H6N4O2S. The molecule has 0 rings (SSSR count). The summed E-state index contributed by atoms with van der Waals surface area (Å²) in [6.07, 6.45) is 0. The van der Waals surface area contributed by atoms with E-state index in [4.69, 9.17) is 16.6 Å². The summed E-state index contributed by atoms with van der Waals surface area (Å²) < 4.78 is 0. The lowest BCUT2D eigenvalue weighted by atomic mass is 10.7. The summed E-state index contributed by atoms with van der Waals surface area (Å²) in [6.45, 7) is 0. The molecule has 7 heteroatoms. The summed E-state index contributed by atoms with van der Waals surface area (Å²) in [5.41, 5.74) is 11.7. The fourth-order valence-electron chi connectivity index (χ4n) is 0.163. The SMILES string of the molecule is NC(N)=NNC(=S)C(=O)O. The van der Waals surface area contributed by atoms with E-state index in [1.165, 1.54) is 0 Å². The zero-order valence-corrected chi connectivity index (χ0v) is 5.68. The molecule has 0 aromatic rings. The van der Waals surface area contributed by atoms with Crippen LogP contribution in [0.5, 0.6) is 0 Å². The standard InChI is InChI=1S/C3H6N4O2S/c4-3(5)7-6-1(10)2(8)9/h(H,6,10)(H,8,9)(H4,4,5,7). The van der Waals surface area contributed by atoms with Gasteiger partial charge in [-0.1, -0.05) is 12.2 Å². The summed E-state index contributed by atoms with van der Waals surface area (Å²) >= 11 is 4.27. The van der Waals surface area contributed by atoms with Crippen molar-refractivity contribution in [1.82, 2.24) is 5.43 Å². The van der Waals surface area contributed by atoms with Crippen molar-refractivity contribution < 1.29 is 9.90 Å². The minimum absolute atomic E-state index is 0.274. The smallest absolute Gasteiger partial charge is 0.365 e. The fourth-order valence-corrected chi connectivity index (χ4v) is 0.209. The number of hydrogen-bond donors (Lipinski definition) is 4. The first-order valence-corrected chi connectivity index (χ1v) is 2.56. The quantitative estimate of drug-likeness (QED) is 0.156. The van der Waals surface area contributed by atoms with Crippen LogP contribution in [0.4, 0.5) is 0 Å². The van der Waals surface area contributed by atoms with Crippen molar-refractivity contribution in [3.8, 4) is 0 Å². The molecule has 0 aliphatic heterocycles. The van der Waals surface area contributed by atoms with Gasteiger partial charge in [-0.3, -0.25) is 5.43 Å². The second-order valence-electron chi connectivity index (χ2n) is 1.28. The first kappa shape index (κ1) is 8.63. The van der Waals surface area contributed by atoms with Gasteiger partial charge in [0.25, 0.3) is 0 Å². The lowest BCUT2D eigenvalue weighted by Gasteiger charge is -1.94. The molecule has 0 aromatic heterocycles. The Bertz CT molecular complexity index is 185. The summed E-state index contributed by atoms with van der Waals surface area (Å²) in [5, 5.41) is 11.3. The largest absolute Gasteiger partial charge is 0.476 e. The highest BCUT2D eigenvalue weighted by Crippen LogP contribution is 1.70. The summed E-state index contributed by atoms with van der Waals surface area (Å²) in [6, 6.07) is 0. The van der Waals surface area contributed by atoms with E-state index in [-0.39, 0.29) is 5.96 Å². The van der Waals surface area contributed by atoms with E-state index >= 15 is 0 Å². The third kappa shape index (κ3) is 3.61. The van der Waals surface area contributed by atoms with Crippen molar-refractivity contribution in [2.45, 2.75) is 0 Å². The molecule has 0 aromatic carbocycles. The molecule has 0 heterocycles. The van der Waals surface area contributed by atoms with Crippen LogP contribution >= 0.6 is 12.2 Å². The maximum Gasteiger partial charge on any atom is 0.365 e. The molecular weight excluding hydrogens is 156 g/mol. The van der Waals surface area contributed by atoms with Crippen LogP contribution in [0, 0.1) is 0 Å². The number of carbonyl (C=O) groups is 1. The third-order valence-corrected chi connectivity index (χ3v) is 0.747. The highest BCUT2D eigenvalue weighted by atomic mass is 32.1. The van der Waals surface area contributed by atoms with E-state index in [1.807, 2.05) is 5.43 Å². The van der Waals surface area contributed by atoms with E-state index in [2.05, 4.69) is 17.3 Å². The van der Waals surface area contributed by atoms with Gasteiger partial charge in [0, 0.05) is 0 Å². The molecule has 0 aliphatic carbocycles. The van der Waals surface area contributed by atoms with Gasteiger partial charge in [-0.25, -0.2) is 4.79 Å². The molecule has 10 heavy (non-hydrogen) atoms. The average molecular weight is 162 g/mol. The Balaban J connectivity index is 3.83. The van der Waals surface area contributed by atoms with Crippen LogP contribution < -0.4 is 16.9 Å². The topological polar surface area (TPSA) is 114 Å². The van der Waals surface area contributed by atoms with Crippen LogP contribution in [0.1, 0.15) is 0 Å². The van der Waals surface area contributed by atoms with Crippen molar-refractivity contribution >= 4 is 29.1 Å². The zero-order valence-electron chi connectivity index (χ0n) is 4.87. The number of hydrazone groups is 1. The first-order chi connectivity index (χ1) is 4.54. The number of guanidine groups is 1. The summed E-state index contributed by atoms with van der Waals surface area (Å²) in [7, 11) is 0. The highest BCUT2D eigenvalue weighted by molar-refractivity contribution is 7.81. The Kier molecular flexibility index (Phi) is 3.12. The maximum absolute atomic E-state index is 9.96. The lowest BCUT2D eigenvalue weighted by molar-refractivity contribution is -0.129. The van der Waals surface area contributed by atoms with Gasteiger partial charge in [-0.2, -0.15) is 0 Å².